The minimum absolute atomic E-state index is 0.123. The molecule has 0 aromatic carbocycles. The lowest BCUT2D eigenvalue weighted by Crippen LogP contribution is -2.50. The van der Waals surface area contributed by atoms with Gasteiger partial charge in [0.25, 0.3) is 0 Å². The number of nitrogens with one attached hydrogen (secondary N) is 2. The Hall–Kier alpha value is -1.52. The third-order valence-electron chi connectivity index (χ3n) is 3.06. The highest BCUT2D eigenvalue weighted by atomic mass is 16.4. The van der Waals surface area contributed by atoms with Crippen LogP contribution >= 0.6 is 0 Å². The van der Waals surface area contributed by atoms with E-state index in [0.29, 0.717) is 12.8 Å². The molecule has 0 spiro atoms. The molecule has 1 aliphatic carbocycles. The van der Waals surface area contributed by atoms with Crippen LogP contribution in [0, 0.1) is 5.41 Å². The Morgan fingerprint density at radius 2 is 2.19 bits per heavy atom. The summed E-state index contributed by atoms with van der Waals surface area (Å²) in [7, 11) is 0. The summed E-state index contributed by atoms with van der Waals surface area (Å²) in [5.74, 6) is -0.823. The Bertz CT molecular complexity index is 298. The molecule has 0 aromatic rings. The van der Waals surface area contributed by atoms with Gasteiger partial charge in [0.1, 0.15) is 0 Å². The van der Waals surface area contributed by atoms with Gasteiger partial charge in [-0.2, -0.15) is 0 Å². The number of urea groups is 1. The zero-order chi connectivity index (χ0) is 12.2. The van der Waals surface area contributed by atoms with E-state index in [1.165, 1.54) is 0 Å². The third-order valence-corrected chi connectivity index (χ3v) is 3.06. The van der Waals surface area contributed by atoms with E-state index in [1.807, 2.05) is 0 Å². The van der Waals surface area contributed by atoms with E-state index in [4.69, 9.17) is 5.11 Å². The predicted octanol–water partition coefficient (Wildman–Crippen LogP) is 1.11. The molecule has 3 N–H and O–H groups in total. The van der Waals surface area contributed by atoms with Gasteiger partial charge in [-0.1, -0.05) is 12.5 Å². The number of amides is 2. The molecular weight excluding hydrogens is 208 g/mol. The van der Waals surface area contributed by atoms with Crippen LogP contribution in [0.3, 0.4) is 0 Å². The summed E-state index contributed by atoms with van der Waals surface area (Å²) in [5.41, 5.74) is -0.741. The summed E-state index contributed by atoms with van der Waals surface area (Å²) in [6.07, 6.45) is 3.80. The van der Waals surface area contributed by atoms with E-state index >= 15 is 0 Å². The molecule has 2 amide bonds. The second-order valence-corrected chi connectivity index (χ2v) is 4.29. The van der Waals surface area contributed by atoms with Crippen LogP contribution in [0.4, 0.5) is 4.79 Å². The molecule has 5 heteroatoms. The molecule has 1 rings (SSSR count). The highest BCUT2D eigenvalue weighted by molar-refractivity contribution is 5.79. The van der Waals surface area contributed by atoms with Gasteiger partial charge in [-0.05, 0) is 19.8 Å². The molecule has 1 fully saturated rings. The van der Waals surface area contributed by atoms with Gasteiger partial charge in [0.15, 0.2) is 0 Å². The molecule has 5 nitrogen and oxygen atoms in total. The van der Waals surface area contributed by atoms with Crippen LogP contribution < -0.4 is 10.6 Å². The van der Waals surface area contributed by atoms with Crippen molar-refractivity contribution >= 4 is 12.0 Å². The van der Waals surface area contributed by atoms with Crippen LogP contribution in [0.1, 0.15) is 26.2 Å². The van der Waals surface area contributed by atoms with Gasteiger partial charge in [0, 0.05) is 12.6 Å². The van der Waals surface area contributed by atoms with Gasteiger partial charge in [0.2, 0.25) is 0 Å². The maximum Gasteiger partial charge on any atom is 0.315 e. The highest BCUT2D eigenvalue weighted by Gasteiger charge is 2.44. The number of aliphatic carboxylic acids is 1. The van der Waals surface area contributed by atoms with Gasteiger partial charge in [0.05, 0.1) is 5.41 Å². The van der Waals surface area contributed by atoms with Crippen LogP contribution in [-0.4, -0.2) is 29.7 Å². The number of carbonyl (C=O) groups excluding carboxylic acids is 1. The Balaban J connectivity index is 2.36. The van der Waals surface area contributed by atoms with Crippen LogP contribution in [0.25, 0.3) is 0 Å². The van der Waals surface area contributed by atoms with Crippen molar-refractivity contribution < 1.29 is 14.7 Å². The molecule has 1 atom stereocenters. The molecule has 0 saturated heterocycles. The average Bonchev–Trinajstić information content (AvgIpc) is 2.15. The van der Waals surface area contributed by atoms with Crippen molar-refractivity contribution in [2.24, 2.45) is 5.41 Å². The predicted molar refractivity (Wildman–Crippen MR) is 60.1 cm³/mol. The van der Waals surface area contributed by atoms with Crippen molar-refractivity contribution in [3.63, 3.8) is 0 Å². The topological polar surface area (TPSA) is 78.4 Å². The zero-order valence-corrected chi connectivity index (χ0v) is 9.45. The first-order valence-corrected chi connectivity index (χ1v) is 5.40. The first-order chi connectivity index (χ1) is 7.50. The van der Waals surface area contributed by atoms with E-state index in [1.54, 1.807) is 13.0 Å². The van der Waals surface area contributed by atoms with E-state index in [-0.39, 0.29) is 18.6 Å². The number of hydrogen-bond acceptors (Lipinski definition) is 2. The van der Waals surface area contributed by atoms with Crippen molar-refractivity contribution in [2.45, 2.75) is 32.2 Å². The molecule has 1 saturated carbocycles. The fraction of sp³-hybridized carbons (Fsp3) is 0.636. The number of hydrogen-bond donors (Lipinski definition) is 3. The molecule has 1 aliphatic rings. The summed E-state index contributed by atoms with van der Waals surface area (Å²) in [6.45, 7) is 5.53. The number of carbonyl (C=O) groups is 2. The van der Waals surface area contributed by atoms with E-state index in [9.17, 15) is 9.59 Å². The fourth-order valence-corrected chi connectivity index (χ4v) is 1.64. The molecule has 0 bridgehead atoms. The van der Waals surface area contributed by atoms with Crippen LogP contribution in [0.5, 0.6) is 0 Å². The number of carboxylic acids is 1. The van der Waals surface area contributed by atoms with E-state index in [2.05, 4.69) is 17.2 Å². The number of carboxylic acid groups (broad SMARTS) is 1. The summed E-state index contributed by atoms with van der Waals surface area (Å²) < 4.78 is 0. The molecule has 1 unspecified atom stereocenters. The smallest absolute Gasteiger partial charge is 0.315 e. The van der Waals surface area contributed by atoms with Crippen LogP contribution in [0.15, 0.2) is 12.7 Å². The fourth-order valence-electron chi connectivity index (χ4n) is 1.64. The second kappa shape index (κ2) is 5.01. The third kappa shape index (κ3) is 2.74. The molecule has 90 valence electrons. The molecular formula is C11H18N2O3. The molecule has 0 radical (unpaired) electrons. The first kappa shape index (κ1) is 12.5. The maximum absolute atomic E-state index is 11.4. The summed E-state index contributed by atoms with van der Waals surface area (Å²) >= 11 is 0. The Kier molecular flexibility index (Phi) is 3.93. The highest BCUT2D eigenvalue weighted by Crippen LogP contribution is 2.40. The summed E-state index contributed by atoms with van der Waals surface area (Å²) in [6, 6.07) is -0.470. The van der Waals surface area contributed by atoms with Gasteiger partial charge >= 0.3 is 12.0 Å². The van der Waals surface area contributed by atoms with E-state index < -0.39 is 11.4 Å². The lowest BCUT2D eigenvalue weighted by Gasteiger charge is -2.37. The summed E-state index contributed by atoms with van der Waals surface area (Å²) in [5, 5.41) is 14.3. The largest absolute Gasteiger partial charge is 0.481 e. The van der Waals surface area contributed by atoms with Crippen LogP contribution in [-0.2, 0) is 4.79 Å². The Morgan fingerprint density at radius 1 is 1.56 bits per heavy atom. The van der Waals surface area contributed by atoms with Gasteiger partial charge in [-0.25, -0.2) is 4.79 Å². The standard InChI is InChI=1S/C11H18N2O3/c1-3-8(2)13-10(16)12-7-11(9(14)15)5-4-6-11/h3,8H,1,4-7H2,2H3,(H,14,15)(H2,12,13,16). The lowest BCUT2D eigenvalue weighted by atomic mass is 9.69. The molecule has 0 heterocycles. The van der Waals surface area contributed by atoms with Gasteiger partial charge < -0.3 is 15.7 Å². The van der Waals surface area contributed by atoms with Crippen molar-refractivity contribution in [1.82, 2.24) is 10.6 Å². The van der Waals surface area contributed by atoms with Gasteiger partial charge in [-0.3, -0.25) is 4.79 Å². The van der Waals surface area contributed by atoms with E-state index in [0.717, 1.165) is 6.42 Å². The molecule has 0 aliphatic heterocycles. The van der Waals surface area contributed by atoms with Crippen molar-refractivity contribution in [3.8, 4) is 0 Å². The van der Waals surface area contributed by atoms with Crippen molar-refractivity contribution in [3.05, 3.63) is 12.7 Å². The Labute approximate surface area is 94.9 Å². The van der Waals surface area contributed by atoms with Crippen LogP contribution in [0.2, 0.25) is 0 Å². The quantitative estimate of drug-likeness (QED) is 0.614. The average molecular weight is 226 g/mol. The molecule has 0 aromatic heterocycles. The van der Waals surface area contributed by atoms with Gasteiger partial charge in [-0.15, -0.1) is 6.58 Å². The van der Waals surface area contributed by atoms with Crippen molar-refractivity contribution in [1.29, 1.82) is 0 Å². The normalized spacial score (nSPS) is 19.1. The lowest BCUT2D eigenvalue weighted by molar-refractivity contribution is -0.153. The SMILES string of the molecule is C=CC(C)NC(=O)NCC1(C(=O)O)CCC1. The minimum Gasteiger partial charge on any atom is -0.481 e. The van der Waals surface area contributed by atoms with Crippen molar-refractivity contribution in [2.75, 3.05) is 6.54 Å². The molecule has 16 heavy (non-hydrogen) atoms. The minimum atomic E-state index is -0.823. The number of rotatable bonds is 5. The first-order valence-electron chi connectivity index (χ1n) is 5.40. The zero-order valence-electron chi connectivity index (χ0n) is 9.45. The summed E-state index contributed by atoms with van der Waals surface area (Å²) in [4.78, 5) is 22.4. The monoisotopic (exact) mass is 226 g/mol. The maximum atomic E-state index is 11.4. The second-order valence-electron chi connectivity index (χ2n) is 4.29. The Morgan fingerprint density at radius 3 is 2.56 bits per heavy atom.